The molecule has 14 N–H and O–H groups in total. The number of fused-ring (bicyclic) bond motifs is 1. The summed E-state index contributed by atoms with van der Waals surface area (Å²) in [5.74, 6) is -2.12. The molecule has 1 aromatic heterocycles. The number of hydroxylamine groups is 2. The van der Waals surface area contributed by atoms with Crippen LogP contribution < -0.4 is 50.1 Å². The number of guanidine groups is 1. The summed E-state index contributed by atoms with van der Waals surface area (Å²) in [6.07, 6.45) is 12.5. The predicted molar refractivity (Wildman–Crippen MR) is 234 cm³/mol. The zero-order chi connectivity index (χ0) is 45.0. The number of aliphatic hydroxyl groups excluding tert-OH is 2. The van der Waals surface area contributed by atoms with Crippen LogP contribution in [0.2, 0.25) is 0 Å². The summed E-state index contributed by atoms with van der Waals surface area (Å²) in [6.45, 7) is 3.39. The number of aliphatic hydroxyl groups is 2. The summed E-state index contributed by atoms with van der Waals surface area (Å²) in [7, 11) is 0. The lowest BCUT2D eigenvalue weighted by molar-refractivity contribution is -0.204. The molecule has 3 saturated heterocycles. The molecule has 3 aliphatic heterocycles. The highest BCUT2D eigenvalue weighted by Crippen LogP contribution is 2.41. The van der Waals surface area contributed by atoms with Gasteiger partial charge in [0.25, 0.3) is 5.56 Å². The van der Waals surface area contributed by atoms with Crippen molar-refractivity contribution >= 4 is 23.7 Å². The molecular formula is C42H75N11O9. The molecule has 62 heavy (non-hydrogen) atoms. The topological polar surface area (TPSA) is 321 Å². The minimum atomic E-state index is -1.58. The van der Waals surface area contributed by atoms with Crippen molar-refractivity contribution in [3.05, 3.63) is 33.1 Å². The number of unbranched alkanes of at least 4 members (excludes halogenated alkanes) is 12. The first-order valence-electron chi connectivity index (χ1n) is 23.0. The Labute approximate surface area is 364 Å². The van der Waals surface area contributed by atoms with Crippen LogP contribution in [-0.4, -0.2) is 123 Å². The number of hydrogen-bond acceptors (Lipinski definition) is 13. The van der Waals surface area contributed by atoms with Gasteiger partial charge in [-0.1, -0.05) is 90.4 Å². The van der Waals surface area contributed by atoms with E-state index in [1.165, 1.54) is 57.8 Å². The van der Waals surface area contributed by atoms with Gasteiger partial charge in [-0.2, -0.15) is 5.06 Å². The van der Waals surface area contributed by atoms with E-state index in [9.17, 15) is 34.2 Å². The summed E-state index contributed by atoms with van der Waals surface area (Å²) in [5.41, 5.74) is 21.4. The molecule has 3 fully saturated rings. The number of aliphatic imine (C=N–C) groups is 1. The fourth-order valence-corrected chi connectivity index (χ4v) is 8.70. The molecule has 3 amide bonds. The Morgan fingerprint density at radius 3 is 2.18 bits per heavy atom. The number of carbonyl (C=O) groups excluding carboxylic acids is 3. The van der Waals surface area contributed by atoms with E-state index in [4.69, 9.17) is 32.5 Å². The van der Waals surface area contributed by atoms with Crippen molar-refractivity contribution in [2.75, 3.05) is 26.2 Å². The number of rotatable bonds is 28. The summed E-state index contributed by atoms with van der Waals surface area (Å²) in [6, 6.07) is -1.53. The first-order valence-corrected chi connectivity index (χ1v) is 23.0. The highest BCUT2D eigenvalue weighted by molar-refractivity contribution is 5.89. The first-order chi connectivity index (χ1) is 29.9. The molecule has 4 rings (SSSR count). The molecule has 0 unspecified atom stereocenters. The smallest absolute Gasteiger partial charge is 0.330 e. The monoisotopic (exact) mass is 878 g/mol. The van der Waals surface area contributed by atoms with Crippen LogP contribution in [0.5, 0.6) is 0 Å². The second-order valence-electron chi connectivity index (χ2n) is 17.1. The maximum Gasteiger partial charge on any atom is 0.330 e. The second kappa shape index (κ2) is 26.6. The van der Waals surface area contributed by atoms with Crippen molar-refractivity contribution in [2.45, 2.75) is 184 Å². The van der Waals surface area contributed by atoms with Crippen LogP contribution in [0.3, 0.4) is 0 Å². The van der Waals surface area contributed by atoms with Gasteiger partial charge >= 0.3 is 5.69 Å². The van der Waals surface area contributed by atoms with E-state index in [1.807, 2.05) is 0 Å². The van der Waals surface area contributed by atoms with Gasteiger partial charge in [-0.05, 0) is 45.1 Å². The lowest BCUT2D eigenvalue weighted by Crippen LogP contribution is -2.54. The molecule has 352 valence electrons. The minimum Gasteiger partial charge on any atom is -0.387 e. The van der Waals surface area contributed by atoms with Crippen molar-refractivity contribution in [2.24, 2.45) is 33.8 Å². The number of H-pyrrole nitrogens is 1. The first kappa shape index (κ1) is 50.7. The van der Waals surface area contributed by atoms with Crippen LogP contribution in [0.25, 0.3) is 0 Å². The number of aromatic nitrogens is 2. The Hall–Kier alpha value is -3.92. The third-order valence-corrected chi connectivity index (χ3v) is 12.2. The SMILES string of the molecule is CCCCCCCCCCCCCCC[C@H](NC(=O)[C@@H](N)CCCN=C(N)N)C(=O)NC[C@@H]1CC[C@H]2[C@@H](C(=O)N1)[C@H]([C@H]1O[C@@H](n3ccc(=O)[nH]c3=O)[C@H](O)[C@@H]1O)ON2CCCN. The lowest BCUT2D eigenvalue weighted by Gasteiger charge is -2.26. The number of hydrogen-bond donors (Lipinski definition) is 10. The van der Waals surface area contributed by atoms with E-state index in [-0.39, 0.29) is 18.4 Å². The summed E-state index contributed by atoms with van der Waals surface area (Å²) < 4.78 is 7.01. The zero-order valence-electron chi connectivity index (χ0n) is 36.6. The highest BCUT2D eigenvalue weighted by atomic mass is 16.7. The Morgan fingerprint density at radius 2 is 1.55 bits per heavy atom. The van der Waals surface area contributed by atoms with Crippen LogP contribution in [0, 0.1) is 5.92 Å². The van der Waals surface area contributed by atoms with Crippen LogP contribution in [0.1, 0.15) is 135 Å². The Morgan fingerprint density at radius 1 is 0.887 bits per heavy atom. The van der Waals surface area contributed by atoms with Gasteiger partial charge in [-0.25, -0.2) is 4.79 Å². The van der Waals surface area contributed by atoms with Gasteiger partial charge in [0, 0.05) is 44.0 Å². The van der Waals surface area contributed by atoms with Gasteiger partial charge in [0.1, 0.15) is 30.5 Å². The van der Waals surface area contributed by atoms with Crippen LogP contribution in [0.15, 0.2) is 26.8 Å². The summed E-state index contributed by atoms with van der Waals surface area (Å²) >= 11 is 0. The van der Waals surface area contributed by atoms with Crippen LogP contribution in [0.4, 0.5) is 0 Å². The molecule has 20 nitrogen and oxygen atoms in total. The summed E-state index contributed by atoms with van der Waals surface area (Å²) in [4.78, 5) is 77.6. The second-order valence-corrected chi connectivity index (χ2v) is 17.1. The molecule has 0 spiro atoms. The van der Waals surface area contributed by atoms with E-state index < -0.39 is 83.8 Å². The fraction of sp³-hybridized carbons (Fsp3) is 0.810. The average Bonchev–Trinajstić information content (AvgIpc) is 3.69. The minimum absolute atomic E-state index is 0.0411. The van der Waals surface area contributed by atoms with E-state index in [2.05, 4.69) is 32.9 Å². The van der Waals surface area contributed by atoms with Gasteiger partial charge in [0.15, 0.2) is 12.2 Å². The van der Waals surface area contributed by atoms with Gasteiger partial charge in [-0.3, -0.25) is 38.6 Å². The molecule has 0 aromatic carbocycles. The standard InChI is InChI=1S/C42H75N11O9/c1-2-3-4-5-6-7-8-9-10-11-12-13-14-18-29(50-37(57)28(44)17-15-23-47-41(45)46)38(58)48-26-27-19-20-30-32(39(59)49-27)35(62-53(30)24-16-22-43)36-33(55)34(56)40(61-36)52-25-21-31(54)51-42(52)60/h21,25,27-30,32-36,40,55-56H,2-20,22-24,26,43-44H2,1H3,(H,48,58)(H,49,59)(H,50,57)(H4,45,46,47)(H,51,54,60)/t27-,28-,29-,30-,32+,33-,34+,35+,36-,40+/m0/s1. The molecule has 20 heteroatoms. The van der Waals surface area contributed by atoms with E-state index in [1.54, 1.807) is 5.06 Å². The molecule has 1 aromatic rings. The number of amides is 3. The average molecular weight is 878 g/mol. The predicted octanol–water partition coefficient (Wildman–Crippen LogP) is -0.153. The van der Waals surface area contributed by atoms with E-state index >= 15 is 0 Å². The third-order valence-electron chi connectivity index (χ3n) is 12.2. The van der Waals surface area contributed by atoms with Gasteiger partial charge in [-0.15, -0.1) is 0 Å². The van der Waals surface area contributed by atoms with Gasteiger partial charge < -0.3 is 53.8 Å². The molecule has 0 radical (unpaired) electrons. The normalized spacial score (nSPS) is 26.0. The van der Waals surface area contributed by atoms with Crippen molar-refractivity contribution in [1.82, 2.24) is 30.6 Å². The van der Waals surface area contributed by atoms with Crippen molar-refractivity contribution in [3.63, 3.8) is 0 Å². The van der Waals surface area contributed by atoms with Crippen molar-refractivity contribution in [3.8, 4) is 0 Å². The Balaban J connectivity index is 1.35. The van der Waals surface area contributed by atoms with Crippen molar-refractivity contribution in [1.29, 1.82) is 0 Å². The number of ether oxygens (including phenoxy) is 1. The number of carbonyl (C=O) groups is 3. The third kappa shape index (κ3) is 15.4. The molecule has 10 atom stereocenters. The molecule has 0 saturated carbocycles. The number of nitrogens with zero attached hydrogens (tertiary/aromatic N) is 3. The molecule has 0 aliphatic carbocycles. The quantitative estimate of drug-likeness (QED) is 0.0298. The largest absolute Gasteiger partial charge is 0.387 e. The maximum atomic E-state index is 14.1. The highest BCUT2D eigenvalue weighted by Gasteiger charge is 2.58. The van der Waals surface area contributed by atoms with Gasteiger partial charge in [0.2, 0.25) is 17.7 Å². The molecule has 3 aliphatic rings. The lowest BCUT2D eigenvalue weighted by atomic mass is 9.87. The maximum absolute atomic E-state index is 14.1. The number of aromatic amines is 1. The fourth-order valence-electron chi connectivity index (χ4n) is 8.70. The Kier molecular flexibility index (Phi) is 21.8. The van der Waals surface area contributed by atoms with Crippen molar-refractivity contribution < 1.29 is 34.2 Å². The van der Waals surface area contributed by atoms with E-state index in [0.29, 0.717) is 58.2 Å². The molecular weight excluding hydrogens is 803 g/mol. The Bertz CT molecular complexity index is 1670. The molecule has 4 heterocycles. The van der Waals surface area contributed by atoms with E-state index in [0.717, 1.165) is 42.5 Å². The van der Waals surface area contributed by atoms with Crippen LogP contribution in [-0.2, 0) is 24.0 Å². The number of nitrogens with one attached hydrogen (secondary N) is 4. The summed E-state index contributed by atoms with van der Waals surface area (Å²) in [5, 5.41) is 32.7. The molecule has 0 bridgehead atoms. The van der Waals surface area contributed by atoms with Gasteiger partial charge in [0.05, 0.1) is 12.0 Å². The zero-order valence-corrected chi connectivity index (χ0v) is 36.6. The van der Waals surface area contributed by atoms with Crippen LogP contribution >= 0.6 is 0 Å². The number of nitrogens with two attached hydrogens (primary N) is 4.